The summed E-state index contributed by atoms with van der Waals surface area (Å²) < 4.78 is 21.9. The lowest BCUT2D eigenvalue weighted by Crippen LogP contribution is -2.53. The fourth-order valence-electron chi connectivity index (χ4n) is 3.78. The summed E-state index contributed by atoms with van der Waals surface area (Å²) in [5, 5.41) is 2.90. The molecule has 0 aliphatic carbocycles. The quantitative estimate of drug-likeness (QED) is 0.766. The Morgan fingerprint density at radius 3 is 2.61 bits per heavy atom. The summed E-state index contributed by atoms with van der Waals surface area (Å²) in [6, 6.07) is 9.44. The number of methoxy groups -OCH3 is 1. The number of nitrogens with zero attached hydrogens (tertiary/aromatic N) is 3. The molecular weight excluding hydrogens is 399 g/mol. The average molecular weight is 431 g/mol. The second-order valence-electron chi connectivity index (χ2n) is 8.73. The number of aromatic nitrogens is 1. The molecule has 0 bridgehead atoms. The summed E-state index contributed by atoms with van der Waals surface area (Å²) in [5.41, 5.74) is 0.859. The third-order valence-corrected chi connectivity index (χ3v) is 5.22. The van der Waals surface area contributed by atoms with Crippen molar-refractivity contribution in [3.8, 4) is 0 Å². The van der Waals surface area contributed by atoms with Crippen LogP contribution in [0.1, 0.15) is 38.1 Å². The number of carbonyl (C=O) groups excluding carboxylic acids is 2. The number of carbonyl (C=O) groups is 2. The van der Waals surface area contributed by atoms with Gasteiger partial charge in [-0.15, -0.1) is 0 Å². The lowest BCUT2D eigenvalue weighted by Gasteiger charge is -2.38. The highest BCUT2D eigenvalue weighted by Gasteiger charge is 2.35. The van der Waals surface area contributed by atoms with Crippen LogP contribution in [0.25, 0.3) is 0 Å². The van der Waals surface area contributed by atoms with Crippen molar-refractivity contribution in [1.82, 2.24) is 19.7 Å². The largest absolute Gasteiger partial charge is 0.383 e. The molecule has 1 aliphatic rings. The molecule has 0 saturated carbocycles. The summed E-state index contributed by atoms with van der Waals surface area (Å²) in [6.07, 6.45) is 1.94. The molecule has 0 fully saturated rings. The topological polar surface area (TPSA) is 66.8 Å². The Bertz CT molecular complexity index is 922. The third-order valence-electron chi connectivity index (χ3n) is 5.22. The van der Waals surface area contributed by atoms with Crippen molar-refractivity contribution in [2.45, 2.75) is 38.9 Å². The SMILES string of the molecule is COCCN(CC(=O)N1CCn2cccc2C1c1ccccc1F)C(=O)NC(C)(C)C. The molecule has 1 atom stereocenters. The van der Waals surface area contributed by atoms with Gasteiger partial charge in [-0.1, -0.05) is 18.2 Å². The van der Waals surface area contributed by atoms with Gasteiger partial charge < -0.3 is 24.4 Å². The fraction of sp³-hybridized carbons (Fsp3) is 0.478. The van der Waals surface area contributed by atoms with E-state index in [2.05, 4.69) is 5.32 Å². The van der Waals surface area contributed by atoms with Crippen molar-refractivity contribution < 1.29 is 18.7 Å². The first kappa shape index (κ1) is 22.8. The summed E-state index contributed by atoms with van der Waals surface area (Å²) in [5.74, 6) is -0.595. The predicted molar refractivity (Wildman–Crippen MR) is 116 cm³/mol. The number of amides is 3. The molecule has 1 aromatic carbocycles. The minimum Gasteiger partial charge on any atom is -0.383 e. The van der Waals surface area contributed by atoms with E-state index >= 15 is 0 Å². The molecule has 1 unspecified atom stereocenters. The average Bonchev–Trinajstić information content (AvgIpc) is 3.18. The van der Waals surface area contributed by atoms with Gasteiger partial charge in [0.05, 0.1) is 6.61 Å². The number of urea groups is 1. The Morgan fingerprint density at radius 1 is 1.19 bits per heavy atom. The molecular formula is C23H31FN4O3. The monoisotopic (exact) mass is 430 g/mol. The Kier molecular flexibility index (Phi) is 7.00. The molecule has 1 aromatic heterocycles. The van der Waals surface area contributed by atoms with Gasteiger partial charge in [-0.3, -0.25) is 4.79 Å². The predicted octanol–water partition coefficient (Wildman–Crippen LogP) is 3.02. The first-order valence-electron chi connectivity index (χ1n) is 10.5. The zero-order chi connectivity index (χ0) is 22.6. The molecule has 3 amide bonds. The number of nitrogens with one attached hydrogen (secondary N) is 1. The van der Waals surface area contributed by atoms with Crippen LogP contribution in [0, 0.1) is 5.82 Å². The molecule has 1 aliphatic heterocycles. The van der Waals surface area contributed by atoms with E-state index in [1.54, 1.807) is 30.2 Å². The molecule has 0 saturated heterocycles. The van der Waals surface area contributed by atoms with Crippen LogP contribution in [0.4, 0.5) is 9.18 Å². The first-order chi connectivity index (χ1) is 14.7. The maximum absolute atomic E-state index is 14.7. The summed E-state index contributed by atoms with van der Waals surface area (Å²) in [6.45, 7) is 7.17. The molecule has 8 heteroatoms. The van der Waals surface area contributed by atoms with Gasteiger partial charge in [-0.05, 0) is 39.0 Å². The maximum Gasteiger partial charge on any atom is 0.318 e. The van der Waals surface area contributed by atoms with Crippen molar-refractivity contribution >= 4 is 11.9 Å². The Morgan fingerprint density at radius 2 is 1.94 bits per heavy atom. The van der Waals surface area contributed by atoms with Gasteiger partial charge >= 0.3 is 6.03 Å². The zero-order valence-electron chi connectivity index (χ0n) is 18.6. The van der Waals surface area contributed by atoms with Crippen molar-refractivity contribution in [1.29, 1.82) is 0 Å². The highest BCUT2D eigenvalue weighted by atomic mass is 19.1. The van der Waals surface area contributed by atoms with Crippen LogP contribution >= 0.6 is 0 Å². The van der Waals surface area contributed by atoms with E-state index in [4.69, 9.17) is 4.74 Å². The normalized spacial score (nSPS) is 16.0. The van der Waals surface area contributed by atoms with Gasteiger partial charge in [-0.2, -0.15) is 0 Å². The molecule has 0 radical (unpaired) electrons. The van der Waals surface area contributed by atoms with E-state index < -0.39 is 11.6 Å². The van der Waals surface area contributed by atoms with Crippen LogP contribution in [-0.4, -0.2) is 65.2 Å². The lowest BCUT2D eigenvalue weighted by atomic mass is 9.99. The molecule has 1 N–H and O–H groups in total. The minimum absolute atomic E-state index is 0.114. The summed E-state index contributed by atoms with van der Waals surface area (Å²) >= 11 is 0. The van der Waals surface area contributed by atoms with E-state index in [9.17, 15) is 14.0 Å². The zero-order valence-corrected chi connectivity index (χ0v) is 18.6. The van der Waals surface area contributed by atoms with Crippen LogP contribution < -0.4 is 5.32 Å². The van der Waals surface area contributed by atoms with Gasteiger partial charge in [-0.25, -0.2) is 9.18 Å². The molecule has 2 heterocycles. The Balaban J connectivity index is 1.87. The van der Waals surface area contributed by atoms with Gasteiger partial charge in [0.25, 0.3) is 0 Å². The number of benzene rings is 1. The van der Waals surface area contributed by atoms with Crippen LogP contribution in [0.5, 0.6) is 0 Å². The number of hydrogen-bond acceptors (Lipinski definition) is 3. The highest BCUT2D eigenvalue weighted by molar-refractivity contribution is 5.85. The van der Waals surface area contributed by atoms with Gasteiger partial charge in [0.2, 0.25) is 5.91 Å². The lowest BCUT2D eigenvalue weighted by molar-refractivity contribution is -0.134. The van der Waals surface area contributed by atoms with Crippen LogP contribution in [0.2, 0.25) is 0 Å². The highest BCUT2D eigenvalue weighted by Crippen LogP contribution is 2.33. The van der Waals surface area contributed by atoms with E-state index in [-0.39, 0.29) is 30.8 Å². The van der Waals surface area contributed by atoms with Crippen LogP contribution in [-0.2, 0) is 16.1 Å². The Hall–Kier alpha value is -2.87. The van der Waals surface area contributed by atoms with E-state index in [1.165, 1.54) is 11.0 Å². The van der Waals surface area contributed by atoms with Crippen LogP contribution in [0.15, 0.2) is 42.6 Å². The van der Waals surface area contributed by atoms with Gasteiger partial charge in [0.1, 0.15) is 18.4 Å². The van der Waals surface area contributed by atoms with Gasteiger partial charge in [0, 0.05) is 49.7 Å². The number of fused-ring (bicyclic) bond motifs is 1. The van der Waals surface area contributed by atoms with Crippen molar-refractivity contribution in [2.24, 2.45) is 0 Å². The molecule has 7 nitrogen and oxygen atoms in total. The molecule has 3 rings (SSSR count). The molecule has 0 spiro atoms. The van der Waals surface area contributed by atoms with Crippen LogP contribution in [0.3, 0.4) is 0 Å². The molecule has 31 heavy (non-hydrogen) atoms. The number of rotatable bonds is 6. The third kappa shape index (κ3) is 5.44. The van der Waals surface area contributed by atoms with Crippen molar-refractivity contribution in [3.63, 3.8) is 0 Å². The van der Waals surface area contributed by atoms with E-state index in [1.807, 2.05) is 43.7 Å². The number of ether oxygens (including phenoxy) is 1. The van der Waals surface area contributed by atoms with E-state index in [0.29, 0.717) is 25.3 Å². The standard InChI is InChI=1S/C23H31FN4O3/c1-23(2,3)25-22(30)27(14-15-31-4)16-20(29)28-13-12-26-11-7-10-19(26)21(28)17-8-5-6-9-18(17)24/h5-11,21H,12-16H2,1-4H3,(H,25,30). The fourth-order valence-corrected chi connectivity index (χ4v) is 3.78. The maximum atomic E-state index is 14.7. The van der Waals surface area contributed by atoms with Crippen molar-refractivity contribution in [3.05, 3.63) is 59.7 Å². The van der Waals surface area contributed by atoms with E-state index in [0.717, 1.165) is 5.69 Å². The second kappa shape index (κ2) is 9.51. The second-order valence-corrected chi connectivity index (χ2v) is 8.73. The minimum atomic E-state index is -0.549. The summed E-state index contributed by atoms with van der Waals surface area (Å²) in [7, 11) is 1.55. The molecule has 2 aromatic rings. The van der Waals surface area contributed by atoms with Crippen molar-refractivity contribution in [2.75, 3.05) is 33.4 Å². The summed E-state index contributed by atoms with van der Waals surface area (Å²) in [4.78, 5) is 29.3. The smallest absolute Gasteiger partial charge is 0.318 e. The number of hydrogen-bond donors (Lipinski definition) is 1. The van der Waals surface area contributed by atoms with Gasteiger partial charge in [0.15, 0.2) is 0 Å². The number of halogens is 1. The Labute approximate surface area is 182 Å². The molecule has 168 valence electrons. The first-order valence-corrected chi connectivity index (χ1v) is 10.5.